The molecule has 1 aromatic rings. The number of carboxylic acids is 1. The van der Waals surface area contributed by atoms with Gasteiger partial charge in [0.15, 0.2) is 0 Å². The molecule has 1 N–H and O–H groups in total. The van der Waals surface area contributed by atoms with Crippen molar-refractivity contribution in [3.8, 4) is 0 Å². The van der Waals surface area contributed by atoms with Crippen LogP contribution in [0, 0.1) is 6.92 Å². The van der Waals surface area contributed by atoms with Crippen LogP contribution in [0.2, 0.25) is 0 Å². The SMILES string of the molecule is Cc1ccc(N(C=O)CC(=O)O)cc1. The van der Waals surface area contributed by atoms with E-state index in [9.17, 15) is 9.59 Å². The second-order valence-corrected chi connectivity index (χ2v) is 2.96. The normalized spacial score (nSPS) is 9.50. The van der Waals surface area contributed by atoms with Crippen LogP contribution >= 0.6 is 0 Å². The molecule has 1 amide bonds. The monoisotopic (exact) mass is 193 g/mol. The number of nitrogens with zero attached hydrogens (tertiary/aromatic N) is 1. The summed E-state index contributed by atoms with van der Waals surface area (Å²) in [5.41, 5.74) is 1.66. The minimum absolute atomic E-state index is 0.313. The summed E-state index contributed by atoms with van der Waals surface area (Å²) in [6.45, 7) is 1.61. The highest BCUT2D eigenvalue weighted by atomic mass is 16.4. The number of aliphatic carboxylic acids is 1. The van der Waals surface area contributed by atoms with E-state index < -0.39 is 5.97 Å². The van der Waals surface area contributed by atoms with Gasteiger partial charge >= 0.3 is 5.97 Å². The molecule has 1 rings (SSSR count). The first-order valence-electron chi connectivity index (χ1n) is 4.14. The molecule has 0 fully saturated rings. The number of hydrogen-bond donors (Lipinski definition) is 1. The zero-order valence-electron chi connectivity index (χ0n) is 7.80. The lowest BCUT2D eigenvalue weighted by Crippen LogP contribution is -2.27. The maximum atomic E-state index is 10.6. The molecule has 14 heavy (non-hydrogen) atoms. The number of amides is 1. The Morgan fingerprint density at radius 1 is 1.43 bits per heavy atom. The average Bonchev–Trinajstić information content (AvgIpc) is 2.15. The summed E-state index contributed by atoms with van der Waals surface area (Å²) < 4.78 is 0. The highest BCUT2D eigenvalue weighted by Crippen LogP contribution is 2.12. The third-order valence-corrected chi connectivity index (χ3v) is 1.80. The largest absolute Gasteiger partial charge is 0.480 e. The number of aryl methyl sites for hydroxylation is 1. The van der Waals surface area contributed by atoms with Crippen molar-refractivity contribution in [3.63, 3.8) is 0 Å². The van der Waals surface area contributed by atoms with E-state index in [4.69, 9.17) is 5.11 Å². The van der Waals surface area contributed by atoms with Gasteiger partial charge in [-0.05, 0) is 19.1 Å². The summed E-state index contributed by atoms with van der Waals surface area (Å²) in [7, 11) is 0. The van der Waals surface area contributed by atoms with Gasteiger partial charge in [-0.2, -0.15) is 0 Å². The molecule has 4 heteroatoms. The average molecular weight is 193 g/mol. The van der Waals surface area contributed by atoms with Crippen molar-refractivity contribution >= 4 is 18.1 Å². The van der Waals surface area contributed by atoms with Gasteiger partial charge in [0.2, 0.25) is 6.41 Å². The first-order chi connectivity index (χ1) is 6.63. The number of carbonyl (C=O) groups is 2. The molecule has 74 valence electrons. The Bertz CT molecular complexity index is 332. The molecule has 1 aromatic carbocycles. The summed E-state index contributed by atoms with van der Waals surface area (Å²) in [6, 6.07) is 7.08. The molecule has 0 spiro atoms. The van der Waals surface area contributed by atoms with E-state index in [0.29, 0.717) is 12.1 Å². The summed E-state index contributed by atoms with van der Waals surface area (Å²) >= 11 is 0. The molecule has 0 atom stereocenters. The lowest BCUT2D eigenvalue weighted by Gasteiger charge is -2.14. The summed E-state index contributed by atoms with van der Waals surface area (Å²) in [4.78, 5) is 22.1. The fourth-order valence-corrected chi connectivity index (χ4v) is 1.07. The minimum Gasteiger partial charge on any atom is -0.480 e. The van der Waals surface area contributed by atoms with Gasteiger partial charge in [-0.25, -0.2) is 0 Å². The molecule has 0 heterocycles. The lowest BCUT2D eigenvalue weighted by molar-refractivity contribution is -0.136. The number of hydrogen-bond acceptors (Lipinski definition) is 2. The smallest absolute Gasteiger partial charge is 0.323 e. The number of rotatable bonds is 4. The number of carboxylic acid groups (broad SMARTS) is 1. The molecule has 0 aliphatic heterocycles. The Labute approximate surface area is 81.8 Å². The first-order valence-corrected chi connectivity index (χ1v) is 4.14. The molecule has 4 nitrogen and oxygen atoms in total. The van der Waals surface area contributed by atoms with Crippen molar-refractivity contribution in [3.05, 3.63) is 29.8 Å². The highest BCUT2D eigenvalue weighted by Gasteiger charge is 2.08. The number of anilines is 1. The molecule has 0 unspecified atom stereocenters. The van der Waals surface area contributed by atoms with E-state index in [1.807, 2.05) is 19.1 Å². The van der Waals surface area contributed by atoms with Crippen molar-refractivity contribution in [2.24, 2.45) is 0 Å². The number of carbonyl (C=O) groups excluding carboxylic acids is 1. The summed E-state index contributed by atoms with van der Waals surface area (Å²) in [5.74, 6) is -1.03. The maximum Gasteiger partial charge on any atom is 0.323 e. The van der Waals surface area contributed by atoms with E-state index in [-0.39, 0.29) is 6.54 Å². The molecule has 0 aromatic heterocycles. The second-order valence-electron chi connectivity index (χ2n) is 2.96. The maximum absolute atomic E-state index is 10.6. The Morgan fingerprint density at radius 3 is 2.43 bits per heavy atom. The first kappa shape index (κ1) is 10.2. The quantitative estimate of drug-likeness (QED) is 0.727. The Morgan fingerprint density at radius 2 is 2.00 bits per heavy atom. The third kappa shape index (κ3) is 2.58. The zero-order chi connectivity index (χ0) is 10.6. The van der Waals surface area contributed by atoms with Gasteiger partial charge in [-0.3, -0.25) is 9.59 Å². The van der Waals surface area contributed by atoms with Crippen LogP contribution in [0.1, 0.15) is 5.56 Å². The van der Waals surface area contributed by atoms with Crippen molar-refractivity contribution in [2.45, 2.75) is 6.92 Å². The van der Waals surface area contributed by atoms with Crippen LogP contribution < -0.4 is 4.90 Å². The third-order valence-electron chi connectivity index (χ3n) is 1.80. The van der Waals surface area contributed by atoms with E-state index in [2.05, 4.69) is 0 Å². The van der Waals surface area contributed by atoms with Gasteiger partial charge in [0.05, 0.1) is 0 Å². The van der Waals surface area contributed by atoms with Gasteiger partial charge in [0.25, 0.3) is 0 Å². The van der Waals surface area contributed by atoms with Gasteiger partial charge in [0, 0.05) is 5.69 Å². The topological polar surface area (TPSA) is 57.6 Å². The van der Waals surface area contributed by atoms with E-state index in [0.717, 1.165) is 10.5 Å². The van der Waals surface area contributed by atoms with Gasteiger partial charge < -0.3 is 10.0 Å². The van der Waals surface area contributed by atoms with Crippen molar-refractivity contribution < 1.29 is 14.7 Å². The van der Waals surface area contributed by atoms with Gasteiger partial charge in [-0.1, -0.05) is 17.7 Å². The minimum atomic E-state index is -1.03. The lowest BCUT2D eigenvalue weighted by atomic mass is 10.2. The second kappa shape index (κ2) is 4.41. The van der Waals surface area contributed by atoms with Gasteiger partial charge in [-0.15, -0.1) is 0 Å². The fourth-order valence-electron chi connectivity index (χ4n) is 1.07. The van der Waals surface area contributed by atoms with Crippen molar-refractivity contribution in [2.75, 3.05) is 11.4 Å². The fraction of sp³-hybridized carbons (Fsp3) is 0.200. The Kier molecular flexibility index (Phi) is 3.23. The summed E-state index contributed by atoms with van der Waals surface area (Å²) in [5, 5.41) is 8.53. The molecular formula is C10H11NO3. The van der Waals surface area contributed by atoms with Crippen LogP contribution in [-0.4, -0.2) is 24.0 Å². The zero-order valence-corrected chi connectivity index (χ0v) is 7.80. The van der Waals surface area contributed by atoms with E-state index in [1.165, 1.54) is 0 Å². The highest BCUT2D eigenvalue weighted by molar-refractivity contribution is 5.84. The van der Waals surface area contributed by atoms with E-state index in [1.54, 1.807) is 12.1 Å². The number of benzene rings is 1. The van der Waals surface area contributed by atoms with Crippen LogP contribution in [0.15, 0.2) is 24.3 Å². The standard InChI is InChI=1S/C10H11NO3/c1-8-2-4-9(5-3-8)11(7-12)6-10(13)14/h2-5,7H,6H2,1H3,(H,13,14). The molecule has 0 aliphatic rings. The van der Waals surface area contributed by atoms with Gasteiger partial charge in [0.1, 0.15) is 6.54 Å². The van der Waals surface area contributed by atoms with Crippen LogP contribution in [0.3, 0.4) is 0 Å². The molecule has 0 radical (unpaired) electrons. The van der Waals surface area contributed by atoms with Crippen LogP contribution in [0.25, 0.3) is 0 Å². The Balaban J connectivity index is 2.84. The van der Waals surface area contributed by atoms with E-state index >= 15 is 0 Å². The molecule has 0 bridgehead atoms. The predicted molar refractivity (Wildman–Crippen MR) is 52.2 cm³/mol. The van der Waals surface area contributed by atoms with Crippen molar-refractivity contribution in [1.29, 1.82) is 0 Å². The van der Waals surface area contributed by atoms with Crippen LogP contribution in [-0.2, 0) is 9.59 Å². The molecular weight excluding hydrogens is 182 g/mol. The predicted octanol–water partition coefficient (Wildman–Crippen LogP) is 1.04. The molecule has 0 saturated heterocycles. The Hall–Kier alpha value is -1.84. The van der Waals surface area contributed by atoms with Crippen LogP contribution in [0.4, 0.5) is 5.69 Å². The van der Waals surface area contributed by atoms with Crippen molar-refractivity contribution in [1.82, 2.24) is 0 Å². The molecule has 0 saturated carbocycles. The summed E-state index contributed by atoms with van der Waals surface area (Å²) in [6.07, 6.45) is 0.513. The molecule has 0 aliphatic carbocycles. The van der Waals surface area contributed by atoms with Crippen LogP contribution in [0.5, 0.6) is 0 Å².